The number of carbonyl (C=O) groups excluding carboxylic acids is 1. The third-order valence-electron chi connectivity index (χ3n) is 6.24. The van der Waals surface area contributed by atoms with E-state index in [-0.39, 0.29) is 34.8 Å². The molecule has 11 heteroatoms. The van der Waals surface area contributed by atoms with E-state index in [4.69, 9.17) is 0 Å². The number of amides is 1. The molecule has 3 aromatic heterocycles. The van der Waals surface area contributed by atoms with Crippen molar-refractivity contribution in [1.82, 2.24) is 30.2 Å². The molecule has 2 saturated heterocycles. The summed E-state index contributed by atoms with van der Waals surface area (Å²) >= 11 is 0. The molecule has 8 nitrogen and oxygen atoms in total. The summed E-state index contributed by atoms with van der Waals surface area (Å²) in [6, 6.07) is 3.60. The average Bonchev–Trinajstić information content (AvgIpc) is 3.16. The Morgan fingerprint density at radius 3 is 2.70 bits per heavy atom. The first-order valence-corrected chi connectivity index (χ1v) is 11.0. The van der Waals surface area contributed by atoms with Crippen LogP contribution in [0.1, 0.15) is 42.2 Å². The van der Waals surface area contributed by atoms with Crippen LogP contribution in [0.3, 0.4) is 0 Å². The van der Waals surface area contributed by atoms with Gasteiger partial charge >= 0.3 is 6.18 Å². The van der Waals surface area contributed by atoms with Crippen molar-refractivity contribution in [3.63, 3.8) is 0 Å². The van der Waals surface area contributed by atoms with Gasteiger partial charge in [-0.05, 0) is 38.3 Å². The SMILES string of the molecule is C[C@H]1CC[C@H](Nc2ncc(C(F)(F)F)c(-c3c[nH]c4nc(C(=O)N5CCC5)ccc34)n2)CN1. The first-order valence-electron chi connectivity index (χ1n) is 11.0. The number of aromatic nitrogens is 4. The molecule has 0 bridgehead atoms. The first-order chi connectivity index (χ1) is 15.8. The highest BCUT2D eigenvalue weighted by Gasteiger charge is 2.36. The van der Waals surface area contributed by atoms with E-state index in [0.717, 1.165) is 25.5 Å². The lowest BCUT2D eigenvalue weighted by Gasteiger charge is -2.30. The van der Waals surface area contributed by atoms with Crippen molar-refractivity contribution >= 4 is 22.9 Å². The van der Waals surface area contributed by atoms with E-state index >= 15 is 0 Å². The van der Waals surface area contributed by atoms with Gasteiger partial charge in [-0.25, -0.2) is 15.0 Å². The van der Waals surface area contributed by atoms with Crippen LogP contribution in [0, 0.1) is 0 Å². The van der Waals surface area contributed by atoms with Gasteiger partial charge in [0.05, 0.1) is 5.69 Å². The number of carbonyl (C=O) groups is 1. The highest BCUT2D eigenvalue weighted by molar-refractivity contribution is 5.98. The fourth-order valence-electron chi connectivity index (χ4n) is 4.17. The van der Waals surface area contributed by atoms with Crippen molar-refractivity contribution in [3.8, 4) is 11.3 Å². The van der Waals surface area contributed by atoms with Crippen LogP contribution in [0.5, 0.6) is 0 Å². The minimum Gasteiger partial charge on any atom is -0.350 e. The molecule has 33 heavy (non-hydrogen) atoms. The summed E-state index contributed by atoms with van der Waals surface area (Å²) in [7, 11) is 0. The molecule has 2 fully saturated rings. The van der Waals surface area contributed by atoms with Crippen LogP contribution in [0.2, 0.25) is 0 Å². The second-order valence-electron chi connectivity index (χ2n) is 8.62. The van der Waals surface area contributed by atoms with Crippen molar-refractivity contribution in [2.24, 2.45) is 0 Å². The van der Waals surface area contributed by atoms with Crippen LogP contribution in [0.15, 0.2) is 24.5 Å². The molecule has 3 N–H and O–H groups in total. The lowest BCUT2D eigenvalue weighted by atomic mass is 10.0. The van der Waals surface area contributed by atoms with E-state index in [1.165, 1.54) is 6.20 Å². The van der Waals surface area contributed by atoms with Crippen LogP contribution in [-0.4, -0.2) is 62.5 Å². The molecule has 0 unspecified atom stereocenters. The Balaban J connectivity index is 1.50. The molecule has 2 aliphatic heterocycles. The number of alkyl halides is 3. The molecule has 1 amide bonds. The van der Waals surface area contributed by atoms with Crippen molar-refractivity contribution < 1.29 is 18.0 Å². The molecule has 5 heterocycles. The number of aromatic amines is 1. The standard InChI is InChI=1S/C22H24F3N7O/c1-12-3-4-13(9-26-12)29-21-28-11-16(22(23,24)25)18(31-21)15-10-27-19-14(15)5-6-17(30-19)20(33)32-7-2-8-32/h5-6,10-13,26H,2-4,7-9H2,1H3,(H,27,30)(H,28,29,31)/t12-,13-/m0/s1. The van der Waals surface area contributed by atoms with E-state index in [0.29, 0.717) is 36.7 Å². The van der Waals surface area contributed by atoms with Gasteiger partial charge in [0.15, 0.2) is 0 Å². The van der Waals surface area contributed by atoms with Crippen molar-refractivity contribution in [1.29, 1.82) is 0 Å². The Morgan fingerprint density at radius 2 is 2.03 bits per heavy atom. The normalized spacial score (nSPS) is 21.2. The van der Waals surface area contributed by atoms with Gasteiger partial charge in [-0.2, -0.15) is 13.2 Å². The molecule has 174 valence electrons. The van der Waals surface area contributed by atoms with E-state index < -0.39 is 11.7 Å². The Morgan fingerprint density at radius 1 is 1.21 bits per heavy atom. The molecule has 3 aromatic rings. The highest BCUT2D eigenvalue weighted by atomic mass is 19.4. The minimum absolute atomic E-state index is 0.0329. The Labute approximate surface area is 188 Å². The quantitative estimate of drug-likeness (QED) is 0.553. The van der Waals surface area contributed by atoms with Gasteiger partial charge in [0.2, 0.25) is 5.95 Å². The summed E-state index contributed by atoms with van der Waals surface area (Å²) in [6.45, 7) is 4.16. The minimum atomic E-state index is -4.62. The molecule has 5 rings (SSSR count). The number of pyridine rings is 1. The van der Waals surface area contributed by atoms with Gasteiger partial charge in [0.25, 0.3) is 5.91 Å². The number of halogens is 3. The van der Waals surface area contributed by atoms with Crippen LogP contribution in [0.25, 0.3) is 22.3 Å². The molecule has 2 atom stereocenters. The number of hydrogen-bond acceptors (Lipinski definition) is 6. The number of rotatable bonds is 4. The smallest absolute Gasteiger partial charge is 0.350 e. The van der Waals surface area contributed by atoms with Crippen molar-refractivity contribution in [2.75, 3.05) is 25.0 Å². The second-order valence-corrected chi connectivity index (χ2v) is 8.62. The molecule has 2 aliphatic rings. The molecule has 0 aliphatic carbocycles. The first kappa shape index (κ1) is 21.6. The molecule has 0 radical (unpaired) electrons. The summed E-state index contributed by atoms with van der Waals surface area (Å²) in [4.78, 5) is 29.6. The van der Waals surface area contributed by atoms with E-state index in [1.54, 1.807) is 17.0 Å². The van der Waals surface area contributed by atoms with Gasteiger partial charge < -0.3 is 20.5 Å². The summed E-state index contributed by atoms with van der Waals surface area (Å²) in [5, 5.41) is 6.95. The summed E-state index contributed by atoms with van der Waals surface area (Å²) in [6.07, 6.45) is 0.426. The zero-order chi connectivity index (χ0) is 23.2. The lowest BCUT2D eigenvalue weighted by molar-refractivity contribution is -0.137. The summed E-state index contributed by atoms with van der Waals surface area (Å²) in [5.41, 5.74) is -0.301. The van der Waals surface area contributed by atoms with Gasteiger partial charge in [-0.15, -0.1) is 0 Å². The molecular weight excluding hydrogens is 435 g/mol. The number of fused-ring (bicyclic) bond motifs is 1. The van der Waals surface area contributed by atoms with Gasteiger partial charge in [0, 0.05) is 55.1 Å². The maximum Gasteiger partial charge on any atom is 0.419 e. The maximum absolute atomic E-state index is 13.8. The van der Waals surface area contributed by atoms with E-state index in [9.17, 15) is 18.0 Å². The third kappa shape index (κ3) is 4.24. The second kappa shape index (κ2) is 8.29. The maximum atomic E-state index is 13.8. The summed E-state index contributed by atoms with van der Waals surface area (Å²) in [5.74, 6) is -0.0366. The number of nitrogens with one attached hydrogen (secondary N) is 3. The number of hydrogen-bond donors (Lipinski definition) is 3. The monoisotopic (exact) mass is 459 g/mol. The van der Waals surface area contributed by atoms with E-state index in [2.05, 4.69) is 37.5 Å². The highest BCUT2D eigenvalue weighted by Crippen LogP contribution is 2.38. The van der Waals surface area contributed by atoms with Crippen LogP contribution < -0.4 is 10.6 Å². The number of H-pyrrole nitrogens is 1. The average molecular weight is 459 g/mol. The predicted octanol–water partition coefficient (Wildman–Crippen LogP) is 3.44. The number of piperidine rings is 1. The largest absolute Gasteiger partial charge is 0.419 e. The van der Waals surface area contributed by atoms with Crippen LogP contribution in [0.4, 0.5) is 19.1 Å². The topological polar surface area (TPSA) is 98.8 Å². The van der Waals surface area contributed by atoms with Gasteiger partial charge in [-0.1, -0.05) is 0 Å². The predicted molar refractivity (Wildman–Crippen MR) is 117 cm³/mol. The Kier molecular flexibility index (Phi) is 5.43. The third-order valence-corrected chi connectivity index (χ3v) is 6.24. The van der Waals surface area contributed by atoms with Crippen molar-refractivity contribution in [2.45, 2.75) is 44.4 Å². The fraction of sp³-hybridized carbons (Fsp3) is 0.455. The summed E-state index contributed by atoms with van der Waals surface area (Å²) < 4.78 is 41.4. The number of anilines is 1. The lowest BCUT2D eigenvalue weighted by Crippen LogP contribution is -2.43. The van der Waals surface area contributed by atoms with Crippen molar-refractivity contribution in [3.05, 3.63) is 35.8 Å². The molecule has 0 saturated carbocycles. The molecule has 0 aromatic carbocycles. The number of likely N-dealkylation sites (tertiary alicyclic amines) is 1. The van der Waals surface area contributed by atoms with Crippen LogP contribution >= 0.6 is 0 Å². The zero-order valence-corrected chi connectivity index (χ0v) is 18.0. The Hall–Kier alpha value is -3.21. The van der Waals surface area contributed by atoms with E-state index in [1.807, 2.05) is 0 Å². The number of nitrogens with zero attached hydrogens (tertiary/aromatic N) is 4. The molecular formula is C22H24F3N7O. The van der Waals surface area contributed by atoms with Crippen LogP contribution in [-0.2, 0) is 6.18 Å². The zero-order valence-electron chi connectivity index (χ0n) is 18.0. The van der Waals surface area contributed by atoms with Gasteiger partial charge in [-0.3, -0.25) is 4.79 Å². The Bertz CT molecular complexity index is 1180. The molecule has 0 spiro atoms. The fourth-order valence-corrected chi connectivity index (χ4v) is 4.17. The van der Waals surface area contributed by atoms with Gasteiger partial charge in [0.1, 0.15) is 16.9 Å².